The van der Waals surface area contributed by atoms with E-state index in [0.717, 1.165) is 23.9 Å². The van der Waals surface area contributed by atoms with Crippen LogP contribution >= 0.6 is 15.9 Å². The van der Waals surface area contributed by atoms with Crippen molar-refractivity contribution in [1.82, 2.24) is 15.1 Å². The van der Waals surface area contributed by atoms with E-state index in [-0.39, 0.29) is 6.04 Å². The van der Waals surface area contributed by atoms with Gasteiger partial charge in [-0.1, -0.05) is 6.92 Å². The Bertz CT molecular complexity index is 338. The van der Waals surface area contributed by atoms with Gasteiger partial charge in [-0.2, -0.15) is 5.10 Å². The van der Waals surface area contributed by atoms with Gasteiger partial charge in [0.15, 0.2) is 0 Å². The number of nitrogens with zero attached hydrogens (tertiary/aromatic N) is 2. The van der Waals surface area contributed by atoms with E-state index in [4.69, 9.17) is 9.47 Å². The molecule has 0 aromatic carbocycles. The SMILES string of the molecule is CCCNC(CCOCCOC)c1c(Br)cnn1C. The normalized spacial score (nSPS) is 12.8. The average molecular weight is 334 g/mol. The van der Waals surface area contributed by atoms with Gasteiger partial charge in [-0.15, -0.1) is 0 Å². The molecule has 0 aliphatic carbocycles. The van der Waals surface area contributed by atoms with Gasteiger partial charge in [0.05, 0.1) is 35.6 Å². The van der Waals surface area contributed by atoms with Gasteiger partial charge in [0.25, 0.3) is 0 Å². The van der Waals surface area contributed by atoms with E-state index in [2.05, 4.69) is 33.3 Å². The van der Waals surface area contributed by atoms with Crippen LogP contribution in [0.4, 0.5) is 0 Å². The third-order valence-electron chi connectivity index (χ3n) is 2.89. The lowest BCUT2D eigenvalue weighted by Crippen LogP contribution is -2.26. The highest BCUT2D eigenvalue weighted by Crippen LogP contribution is 2.25. The first kappa shape index (κ1) is 16.6. The van der Waals surface area contributed by atoms with Crippen molar-refractivity contribution in [1.29, 1.82) is 0 Å². The van der Waals surface area contributed by atoms with Gasteiger partial charge in [-0.25, -0.2) is 0 Å². The number of methoxy groups -OCH3 is 1. The molecule has 0 bridgehead atoms. The van der Waals surface area contributed by atoms with Crippen LogP contribution < -0.4 is 5.32 Å². The van der Waals surface area contributed by atoms with Gasteiger partial charge < -0.3 is 14.8 Å². The minimum absolute atomic E-state index is 0.254. The summed E-state index contributed by atoms with van der Waals surface area (Å²) in [6.45, 7) is 5.15. The Labute approximate surface area is 123 Å². The maximum Gasteiger partial charge on any atom is 0.0700 e. The van der Waals surface area contributed by atoms with E-state index in [1.165, 1.54) is 5.69 Å². The molecule has 0 amide bonds. The number of hydrogen-bond donors (Lipinski definition) is 1. The highest BCUT2D eigenvalue weighted by atomic mass is 79.9. The lowest BCUT2D eigenvalue weighted by atomic mass is 10.1. The average Bonchev–Trinajstić information content (AvgIpc) is 2.73. The maximum absolute atomic E-state index is 5.55. The quantitative estimate of drug-likeness (QED) is 0.667. The van der Waals surface area contributed by atoms with Gasteiger partial charge in [-0.05, 0) is 35.3 Å². The van der Waals surface area contributed by atoms with E-state index < -0.39 is 0 Å². The fraction of sp³-hybridized carbons (Fsp3) is 0.769. The molecule has 1 aromatic rings. The summed E-state index contributed by atoms with van der Waals surface area (Å²) < 4.78 is 13.5. The Morgan fingerprint density at radius 1 is 1.42 bits per heavy atom. The third kappa shape index (κ3) is 5.60. The molecule has 0 aliphatic rings. The molecule has 0 saturated carbocycles. The highest BCUT2D eigenvalue weighted by molar-refractivity contribution is 9.10. The molecule has 0 fully saturated rings. The van der Waals surface area contributed by atoms with Crippen molar-refractivity contribution in [3.63, 3.8) is 0 Å². The van der Waals surface area contributed by atoms with Gasteiger partial charge in [-0.3, -0.25) is 4.68 Å². The van der Waals surface area contributed by atoms with Crippen LogP contribution in [0.25, 0.3) is 0 Å². The van der Waals surface area contributed by atoms with Crippen LogP contribution in [0.5, 0.6) is 0 Å². The van der Waals surface area contributed by atoms with Crippen LogP contribution in [-0.4, -0.2) is 43.3 Å². The lowest BCUT2D eigenvalue weighted by molar-refractivity contribution is 0.0654. The molecule has 1 atom stereocenters. The van der Waals surface area contributed by atoms with Crippen molar-refractivity contribution in [2.24, 2.45) is 7.05 Å². The molecular weight excluding hydrogens is 310 g/mol. The number of halogens is 1. The van der Waals surface area contributed by atoms with E-state index >= 15 is 0 Å². The lowest BCUT2D eigenvalue weighted by Gasteiger charge is -2.19. The van der Waals surface area contributed by atoms with E-state index in [0.29, 0.717) is 19.8 Å². The fourth-order valence-corrected chi connectivity index (χ4v) is 2.54. The minimum atomic E-state index is 0.254. The van der Waals surface area contributed by atoms with Gasteiger partial charge in [0, 0.05) is 20.8 Å². The van der Waals surface area contributed by atoms with Crippen molar-refractivity contribution in [3.8, 4) is 0 Å². The largest absolute Gasteiger partial charge is 0.382 e. The van der Waals surface area contributed by atoms with Crippen molar-refractivity contribution in [2.75, 3.05) is 33.5 Å². The van der Waals surface area contributed by atoms with Crippen molar-refractivity contribution < 1.29 is 9.47 Å². The summed E-state index contributed by atoms with van der Waals surface area (Å²) in [7, 11) is 3.65. The number of aryl methyl sites for hydroxylation is 1. The number of hydrogen-bond acceptors (Lipinski definition) is 4. The first-order valence-corrected chi connectivity index (χ1v) is 7.47. The number of rotatable bonds is 10. The third-order valence-corrected chi connectivity index (χ3v) is 3.50. The predicted molar refractivity (Wildman–Crippen MR) is 79.3 cm³/mol. The first-order chi connectivity index (χ1) is 9.20. The first-order valence-electron chi connectivity index (χ1n) is 6.68. The summed E-state index contributed by atoms with van der Waals surface area (Å²) in [5.74, 6) is 0. The molecule has 5 nitrogen and oxygen atoms in total. The van der Waals surface area contributed by atoms with E-state index in [9.17, 15) is 0 Å². The molecule has 0 aliphatic heterocycles. The molecule has 0 spiro atoms. The zero-order valence-corrected chi connectivity index (χ0v) is 13.6. The van der Waals surface area contributed by atoms with Crippen LogP contribution in [0.2, 0.25) is 0 Å². The molecule has 1 N–H and O–H groups in total. The number of ether oxygens (including phenoxy) is 2. The smallest absolute Gasteiger partial charge is 0.0700 e. The second kappa shape index (κ2) is 9.47. The topological polar surface area (TPSA) is 48.3 Å². The molecule has 0 radical (unpaired) electrons. The van der Waals surface area contributed by atoms with Crippen LogP contribution in [0.1, 0.15) is 31.5 Å². The van der Waals surface area contributed by atoms with Crippen LogP contribution in [-0.2, 0) is 16.5 Å². The maximum atomic E-state index is 5.55. The summed E-state index contributed by atoms with van der Waals surface area (Å²) >= 11 is 3.56. The van der Waals surface area contributed by atoms with Crippen LogP contribution in [0.15, 0.2) is 10.7 Å². The Morgan fingerprint density at radius 2 is 2.21 bits per heavy atom. The highest BCUT2D eigenvalue weighted by Gasteiger charge is 2.17. The van der Waals surface area contributed by atoms with Gasteiger partial charge >= 0.3 is 0 Å². The Balaban J connectivity index is 2.52. The molecule has 19 heavy (non-hydrogen) atoms. The second-order valence-corrected chi connectivity index (χ2v) is 5.26. The summed E-state index contributed by atoms with van der Waals surface area (Å²) in [6.07, 6.45) is 3.86. The second-order valence-electron chi connectivity index (χ2n) is 4.40. The molecule has 110 valence electrons. The van der Waals surface area contributed by atoms with Gasteiger partial charge in [0.2, 0.25) is 0 Å². The van der Waals surface area contributed by atoms with Crippen molar-refractivity contribution in [2.45, 2.75) is 25.8 Å². The summed E-state index contributed by atoms with van der Waals surface area (Å²) in [5.41, 5.74) is 1.17. The standard InChI is InChI=1S/C13H24BrN3O2/c1-4-6-15-12(5-7-19-9-8-18-3)13-11(14)10-16-17(13)2/h10,12,15H,4-9H2,1-3H3. The predicted octanol–water partition coefficient (Wildman–Crippen LogP) is 2.28. The van der Waals surface area contributed by atoms with Crippen molar-refractivity contribution >= 4 is 15.9 Å². The monoisotopic (exact) mass is 333 g/mol. The van der Waals surface area contributed by atoms with Crippen LogP contribution in [0.3, 0.4) is 0 Å². The molecular formula is C13H24BrN3O2. The molecule has 0 saturated heterocycles. The Morgan fingerprint density at radius 3 is 2.79 bits per heavy atom. The fourth-order valence-electron chi connectivity index (χ4n) is 1.91. The minimum Gasteiger partial charge on any atom is -0.382 e. The van der Waals surface area contributed by atoms with Crippen molar-refractivity contribution in [3.05, 3.63) is 16.4 Å². The zero-order chi connectivity index (χ0) is 14.1. The summed E-state index contributed by atoms with van der Waals surface area (Å²) in [6, 6.07) is 0.254. The number of aromatic nitrogens is 2. The molecule has 1 rings (SSSR count). The Kier molecular flexibility index (Phi) is 8.29. The number of nitrogens with one attached hydrogen (secondary N) is 1. The Hall–Kier alpha value is -0.430. The summed E-state index contributed by atoms with van der Waals surface area (Å²) in [5, 5.41) is 7.81. The van der Waals surface area contributed by atoms with Crippen LogP contribution in [0, 0.1) is 0 Å². The molecule has 1 heterocycles. The molecule has 1 aromatic heterocycles. The van der Waals surface area contributed by atoms with E-state index in [1.54, 1.807) is 7.11 Å². The summed E-state index contributed by atoms with van der Waals surface area (Å²) in [4.78, 5) is 0. The zero-order valence-electron chi connectivity index (χ0n) is 12.0. The van der Waals surface area contributed by atoms with E-state index in [1.807, 2.05) is 17.9 Å². The molecule has 1 unspecified atom stereocenters. The molecule has 6 heteroatoms. The van der Waals surface area contributed by atoms with Gasteiger partial charge in [0.1, 0.15) is 0 Å².